The molecule has 0 aliphatic heterocycles. The van der Waals surface area contributed by atoms with Gasteiger partial charge in [-0.05, 0) is 0 Å². The minimum atomic E-state index is -4.19. The van der Waals surface area contributed by atoms with Gasteiger partial charge in [-0.1, -0.05) is 6.08 Å². The maximum atomic E-state index is 10.6. The van der Waals surface area contributed by atoms with Gasteiger partial charge in [-0.15, -0.1) is 6.58 Å². The summed E-state index contributed by atoms with van der Waals surface area (Å²) in [6, 6.07) is 0. The third kappa shape index (κ3) is 14.1. The molecule has 0 radical (unpaired) electrons. The molecule has 0 saturated carbocycles. The highest BCUT2D eigenvalue weighted by molar-refractivity contribution is 7.48. The van der Waals surface area contributed by atoms with Crippen molar-refractivity contribution in [2.45, 2.75) is 6.92 Å². The zero-order chi connectivity index (χ0) is 11.6. The third-order valence-electron chi connectivity index (χ3n) is 0.599. The fourth-order valence-corrected chi connectivity index (χ4v) is 1.01. The van der Waals surface area contributed by atoms with Crippen molar-refractivity contribution in [3.05, 3.63) is 12.7 Å². The van der Waals surface area contributed by atoms with Crippen LogP contribution in [0.1, 0.15) is 6.92 Å². The molecular formula is C5H12O7P2. The number of phosphoric acid groups is 1. The summed E-state index contributed by atoms with van der Waals surface area (Å²) in [4.78, 5) is 25.9. The zero-order valence-corrected chi connectivity index (χ0v) is 9.50. The summed E-state index contributed by atoms with van der Waals surface area (Å²) in [5, 5.41) is 0. The predicted octanol–water partition coefficient (Wildman–Crippen LogP) is 0.502. The van der Waals surface area contributed by atoms with Crippen molar-refractivity contribution in [3.63, 3.8) is 0 Å². The highest BCUT2D eigenvalue weighted by atomic mass is 31.2. The molecule has 14 heavy (non-hydrogen) atoms. The molecule has 0 spiro atoms. The van der Waals surface area contributed by atoms with Gasteiger partial charge < -0.3 is 9.42 Å². The van der Waals surface area contributed by atoms with Crippen LogP contribution >= 0.6 is 16.5 Å². The normalized spacial score (nSPS) is 13.9. The van der Waals surface area contributed by atoms with E-state index in [1.54, 1.807) is 0 Å². The third-order valence-corrected chi connectivity index (χ3v) is 1.56. The van der Waals surface area contributed by atoms with E-state index in [4.69, 9.17) is 14.4 Å². The molecule has 0 aliphatic rings. The van der Waals surface area contributed by atoms with Crippen molar-refractivity contribution in [1.82, 2.24) is 0 Å². The van der Waals surface area contributed by atoms with E-state index in [2.05, 4.69) is 15.6 Å². The lowest BCUT2D eigenvalue weighted by Crippen LogP contribution is -1.99. The molecule has 2 N–H and O–H groups in total. The van der Waals surface area contributed by atoms with Crippen LogP contribution in [0.2, 0.25) is 0 Å². The first kappa shape index (κ1) is 16.0. The van der Waals surface area contributed by atoms with E-state index in [1.165, 1.54) is 6.08 Å². The van der Waals surface area contributed by atoms with E-state index in [-0.39, 0.29) is 6.61 Å². The molecule has 0 aliphatic carbocycles. The SMILES string of the molecule is C=CCOP(=O)(O)OC(C)=O.O=[PH2]O. The molecular weight excluding hydrogens is 234 g/mol. The summed E-state index contributed by atoms with van der Waals surface area (Å²) in [6.07, 6.45) is 1.27. The van der Waals surface area contributed by atoms with Crippen LogP contribution in [0, 0.1) is 0 Å². The number of phosphoric ester groups is 1. The Kier molecular flexibility index (Phi) is 10.4. The maximum Gasteiger partial charge on any atom is 0.529 e. The second kappa shape index (κ2) is 9.12. The van der Waals surface area contributed by atoms with Crippen molar-refractivity contribution in [1.29, 1.82) is 0 Å². The summed E-state index contributed by atoms with van der Waals surface area (Å²) in [7, 11) is -5.69. The molecule has 0 aromatic rings. The second-order valence-corrected chi connectivity index (χ2v) is 3.33. The molecule has 0 saturated heterocycles. The minimum absolute atomic E-state index is 0.138. The quantitative estimate of drug-likeness (QED) is 0.548. The van der Waals surface area contributed by atoms with Crippen molar-refractivity contribution in [3.8, 4) is 0 Å². The Morgan fingerprint density at radius 2 is 2.14 bits per heavy atom. The average Bonchev–Trinajstić information content (AvgIpc) is 2.00. The lowest BCUT2D eigenvalue weighted by atomic mass is 10.7. The van der Waals surface area contributed by atoms with Gasteiger partial charge in [0.1, 0.15) is 0 Å². The fraction of sp³-hybridized carbons (Fsp3) is 0.400. The first-order chi connectivity index (χ1) is 6.39. The van der Waals surface area contributed by atoms with Gasteiger partial charge in [0, 0.05) is 6.92 Å². The largest absolute Gasteiger partial charge is 0.529 e. The second-order valence-electron chi connectivity index (χ2n) is 1.74. The van der Waals surface area contributed by atoms with Crippen LogP contribution in [-0.4, -0.2) is 22.4 Å². The molecule has 2 atom stereocenters. The molecule has 2 unspecified atom stereocenters. The fourth-order valence-electron chi connectivity index (χ4n) is 0.336. The summed E-state index contributed by atoms with van der Waals surface area (Å²) in [6.45, 7) is 4.12. The van der Waals surface area contributed by atoms with Gasteiger partial charge in [0.05, 0.1) is 6.61 Å². The van der Waals surface area contributed by atoms with Crippen LogP contribution < -0.4 is 0 Å². The van der Waals surface area contributed by atoms with Gasteiger partial charge in [-0.2, -0.15) is 0 Å². The van der Waals surface area contributed by atoms with E-state index in [9.17, 15) is 9.36 Å². The van der Waals surface area contributed by atoms with Crippen molar-refractivity contribution in [2.75, 3.05) is 6.61 Å². The lowest BCUT2D eigenvalue weighted by Gasteiger charge is -2.07. The van der Waals surface area contributed by atoms with E-state index < -0.39 is 22.5 Å². The van der Waals surface area contributed by atoms with Crippen LogP contribution in [0.5, 0.6) is 0 Å². The number of hydrogen-bond donors (Lipinski definition) is 2. The lowest BCUT2D eigenvalue weighted by molar-refractivity contribution is -0.133. The van der Waals surface area contributed by atoms with E-state index in [0.717, 1.165) is 6.92 Å². The first-order valence-corrected chi connectivity index (χ1v) is 5.74. The number of carbonyl (C=O) groups is 1. The highest BCUT2D eigenvalue weighted by Gasteiger charge is 2.22. The Labute approximate surface area is 82.2 Å². The topological polar surface area (TPSA) is 110 Å². The molecule has 0 amide bonds. The Balaban J connectivity index is 0. The van der Waals surface area contributed by atoms with E-state index in [1.807, 2.05) is 0 Å². The smallest absolute Gasteiger partial charge is 0.371 e. The summed E-state index contributed by atoms with van der Waals surface area (Å²) >= 11 is 0. The van der Waals surface area contributed by atoms with Crippen molar-refractivity contribution in [2.24, 2.45) is 0 Å². The van der Waals surface area contributed by atoms with Gasteiger partial charge in [0.25, 0.3) is 0 Å². The molecule has 0 heterocycles. The standard InChI is InChI=1S/C5H9O5P.H3O2P/c1-3-4-9-11(7,8)10-5(2)6;1-3-2/h3H,1,4H2,2H3,(H,7,8);3H2,(H,1,2). The van der Waals surface area contributed by atoms with Gasteiger partial charge in [0.2, 0.25) is 0 Å². The number of rotatable bonds is 4. The Hall–Kier alpha value is -0.450. The molecule has 84 valence electrons. The Morgan fingerprint density at radius 3 is 2.43 bits per heavy atom. The molecule has 0 fully saturated rings. The number of hydrogen-bond acceptors (Lipinski definition) is 5. The van der Waals surface area contributed by atoms with Crippen LogP contribution in [0.4, 0.5) is 0 Å². The molecule has 0 bridgehead atoms. The molecule has 9 heteroatoms. The predicted molar refractivity (Wildman–Crippen MR) is 50.4 cm³/mol. The van der Waals surface area contributed by atoms with Crippen molar-refractivity contribution < 1.29 is 32.8 Å². The Bertz CT molecular complexity index is 238. The van der Waals surface area contributed by atoms with Gasteiger partial charge in [-0.3, -0.25) is 18.8 Å². The van der Waals surface area contributed by atoms with Crippen LogP contribution in [-0.2, 0) is 23.0 Å². The highest BCUT2D eigenvalue weighted by Crippen LogP contribution is 2.42. The van der Waals surface area contributed by atoms with Crippen LogP contribution in [0.25, 0.3) is 0 Å². The maximum absolute atomic E-state index is 10.6. The van der Waals surface area contributed by atoms with E-state index >= 15 is 0 Å². The van der Waals surface area contributed by atoms with Gasteiger partial charge in [0.15, 0.2) is 8.69 Å². The van der Waals surface area contributed by atoms with Gasteiger partial charge >= 0.3 is 13.8 Å². The monoisotopic (exact) mass is 246 g/mol. The molecule has 0 aromatic carbocycles. The molecule has 0 aromatic heterocycles. The minimum Gasteiger partial charge on any atom is -0.371 e. The zero-order valence-electron chi connectivity index (χ0n) is 7.45. The molecule has 7 nitrogen and oxygen atoms in total. The summed E-state index contributed by atoms with van der Waals surface area (Å²) in [5.41, 5.74) is 0. The number of carbonyl (C=O) groups excluding carboxylic acids is 1. The first-order valence-electron chi connectivity index (χ1n) is 3.26. The summed E-state index contributed by atoms with van der Waals surface area (Å²) < 4.78 is 27.4. The summed E-state index contributed by atoms with van der Waals surface area (Å²) in [5.74, 6) is -0.861. The van der Waals surface area contributed by atoms with Crippen LogP contribution in [0.3, 0.4) is 0 Å². The van der Waals surface area contributed by atoms with Gasteiger partial charge in [-0.25, -0.2) is 4.57 Å². The average molecular weight is 246 g/mol. The van der Waals surface area contributed by atoms with E-state index in [0.29, 0.717) is 0 Å². The molecule has 0 rings (SSSR count). The van der Waals surface area contributed by atoms with Crippen LogP contribution in [0.15, 0.2) is 12.7 Å². The van der Waals surface area contributed by atoms with Crippen molar-refractivity contribution >= 4 is 22.5 Å². The Morgan fingerprint density at radius 1 is 1.71 bits per heavy atom.